The van der Waals surface area contributed by atoms with Crippen LogP contribution in [0, 0.1) is 6.92 Å². The van der Waals surface area contributed by atoms with Crippen LogP contribution in [0.2, 0.25) is 0 Å². The monoisotopic (exact) mass is 371 g/mol. The second-order valence-electron chi connectivity index (χ2n) is 6.02. The summed E-state index contributed by atoms with van der Waals surface area (Å²) in [5.74, 6) is -0.248. The van der Waals surface area contributed by atoms with Gasteiger partial charge in [0.05, 0.1) is 0 Å². The molecule has 0 saturated heterocycles. The Kier molecular flexibility index (Phi) is 6.86. The molecule has 1 atom stereocenters. The number of tetrazole rings is 1. The molecule has 0 bridgehead atoms. The molecule has 0 spiro atoms. The Morgan fingerprint density at radius 1 is 1.19 bits per heavy atom. The zero-order chi connectivity index (χ0) is 17.6. The van der Waals surface area contributed by atoms with Crippen molar-refractivity contribution in [3.05, 3.63) is 71.0 Å². The Hall–Kier alpha value is -2.73. The summed E-state index contributed by atoms with van der Waals surface area (Å²) in [7, 11) is 0. The topological polar surface area (TPSA) is 83.6 Å². The van der Waals surface area contributed by atoms with Crippen LogP contribution < -0.4 is 5.32 Å². The van der Waals surface area contributed by atoms with Gasteiger partial charge in [-0.1, -0.05) is 60.2 Å². The Balaban J connectivity index is 0.00000243. The summed E-state index contributed by atoms with van der Waals surface area (Å²) in [6.07, 6.45) is 1.36. The molecule has 1 unspecified atom stereocenters. The van der Waals surface area contributed by atoms with Gasteiger partial charge in [0.2, 0.25) is 5.91 Å². The summed E-state index contributed by atoms with van der Waals surface area (Å²) in [5, 5.41) is 17.1. The van der Waals surface area contributed by atoms with E-state index in [-0.39, 0.29) is 18.3 Å². The zero-order valence-corrected chi connectivity index (χ0v) is 15.6. The maximum atomic E-state index is 12.9. The average Bonchev–Trinajstić information content (AvgIpc) is 3.14. The van der Waals surface area contributed by atoms with E-state index in [0.29, 0.717) is 12.2 Å². The van der Waals surface area contributed by atoms with Gasteiger partial charge in [-0.25, -0.2) is 0 Å². The van der Waals surface area contributed by atoms with E-state index in [1.165, 1.54) is 0 Å². The van der Waals surface area contributed by atoms with Crippen LogP contribution in [0.5, 0.6) is 0 Å². The van der Waals surface area contributed by atoms with Crippen LogP contribution in [0.4, 0.5) is 5.69 Å². The first kappa shape index (κ1) is 19.6. The Morgan fingerprint density at radius 2 is 2.00 bits per heavy atom. The fourth-order valence-electron chi connectivity index (χ4n) is 2.86. The molecule has 0 aliphatic rings. The number of H-pyrrole nitrogens is 1. The smallest absolute Gasteiger partial charge is 0.235 e. The van der Waals surface area contributed by atoms with Crippen molar-refractivity contribution in [1.29, 1.82) is 0 Å². The van der Waals surface area contributed by atoms with Gasteiger partial charge in [0, 0.05) is 5.69 Å². The molecule has 1 aromatic heterocycles. The van der Waals surface area contributed by atoms with E-state index < -0.39 is 5.92 Å². The SMILES string of the molecule is CCc1ccccc1NC(=O)C(Cc1cccc(C)c1)c1nn[nH]n1.Cl. The predicted octanol–water partition coefficient (Wildman–Crippen LogP) is 3.46. The maximum absolute atomic E-state index is 12.9. The van der Waals surface area contributed by atoms with Gasteiger partial charge in [-0.2, -0.15) is 5.21 Å². The van der Waals surface area contributed by atoms with Crippen molar-refractivity contribution in [3.63, 3.8) is 0 Å². The van der Waals surface area contributed by atoms with Gasteiger partial charge in [-0.15, -0.1) is 22.6 Å². The zero-order valence-electron chi connectivity index (χ0n) is 14.8. The molecule has 0 fully saturated rings. The summed E-state index contributed by atoms with van der Waals surface area (Å²) < 4.78 is 0. The average molecular weight is 372 g/mol. The number of aromatic nitrogens is 4. The third-order valence-electron chi connectivity index (χ3n) is 4.17. The van der Waals surface area contributed by atoms with Crippen LogP contribution in [0.1, 0.15) is 35.4 Å². The summed E-state index contributed by atoms with van der Waals surface area (Å²) in [6, 6.07) is 15.9. The summed E-state index contributed by atoms with van der Waals surface area (Å²) >= 11 is 0. The molecule has 2 aromatic carbocycles. The molecular weight excluding hydrogens is 350 g/mol. The molecule has 136 valence electrons. The van der Waals surface area contributed by atoms with E-state index in [1.807, 2.05) is 49.4 Å². The van der Waals surface area contributed by atoms with Gasteiger partial charge in [0.15, 0.2) is 5.82 Å². The van der Waals surface area contributed by atoms with Crippen LogP contribution in [-0.4, -0.2) is 26.5 Å². The van der Waals surface area contributed by atoms with Crippen LogP contribution >= 0.6 is 12.4 Å². The molecule has 6 nitrogen and oxygen atoms in total. The lowest BCUT2D eigenvalue weighted by molar-refractivity contribution is -0.117. The molecule has 0 aliphatic heterocycles. The quantitative estimate of drug-likeness (QED) is 0.695. The van der Waals surface area contributed by atoms with E-state index in [1.54, 1.807) is 0 Å². The predicted molar refractivity (Wildman–Crippen MR) is 103 cm³/mol. The van der Waals surface area contributed by atoms with Gasteiger partial charge in [0.1, 0.15) is 5.92 Å². The van der Waals surface area contributed by atoms with Gasteiger partial charge < -0.3 is 5.32 Å². The van der Waals surface area contributed by atoms with Crippen molar-refractivity contribution >= 4 is 24.0 Å². The van der Waals surface area contributed by atoms with Gasteiger partial charge in [0.25, 0.3) is 0 Å². The van der Waals surface area contributed by atoms with Crippen LogP contribution in [-0.2, 0) is 17.6 Å². The van der Waals surface area contributed by atoms with Crippen molar-refractivity contribution in [2.45, 2.75) is 32.6 Å². The number of benzene rings is 2. The number of aryl methyl sites for hydroxylation is 2. The van der Waals surface area contributed by atoms with E-state index in [4.69, 9.17) is 0 Å². The van der Waals surface area contributed by atoms with Crippen molar-refractivity contribution in [3.8, 4) is 0 Å². The fraction of sp³-hybridized carbons (Fsp3) is 0.263. The lowest BCUT2D eigenvalue weighted by Crippen LogP contribution is -2.24. The number of halogens is 1. The van der Waals surface area contributed by atoms with E-state index in [0.717, 1.165) is 28.8 Å². The molecule has 0 saturated carbocycles. The van der Waals surface area contributed by atoms with Gasteiger partial charge in [-0.05, 0) is 37.0 Å². The van der Waals surface area contributed by atoms with Crippen molar-refractivity contribution in [1.82, 2.24) is 20.6 Å². The highest BCUT2D eigenvalue weighted by atomic mass is 35.5. The van der Waals surface area contributed by atoms with E-state index in [2.05, 4.69) is 38.9 Å². The van der Waals surface area contributed by atoms with Crippen LogP contribution in [0.15, 0.2) is 48.5 Å². The van der Waals surface area contributed by atoms with E-state index in [9.17, 15) is 4.79 Å². The highest BCUT2D eigenvalue weighted by molar-refractivity contribution is 5.96. The Labute approximate surface area is 158 Å². The van der Waals surface area contributed by atoms with Crippen molar-refractivity contribution in [2.75, 3.05) is 5.32 Å². The van der Waals surface area contributed by atoms with Crippen LogP contribution in [0.3, 0.4) is 0 Å². The third-order valence-corrected chi connectivity index (χ3v) is 4.17. The molecular formula is C19H22ClN5O. The minimum Gasteiger partial charge on any atom is -0.325 e. The summed E-state index contributed by atoms with van der Waals surface area (Å²) in [4.78, 5) is 12.9. The molecule has 7 heteroatoms. The van der Waals surface area contributed by atoms with Gasteiger partial charge >= 0.3 is 0 Å². The normalized spacial score (nSPS) is 11.5. The number of amides is 1. The minimum atomic E-state index is -0.509. The Bertz CT molecular complexity index is 851. The summed E-state index contributed by atoms with van der Waals surface area (Å²) in [6.45, 7) is 4.10. The van der Waals surface area contributed by atoms with E-state index >= 15 is 0 Å². The molecule has 1 amide bonds. The number of nitrogens with one attached hydrogen (secondary N) is 2. The molecule has 26 heavy (non-hydrogen) atoms. The minimum absolute atomic E-state index is 0. The lowest BCUT2D eigenvalue weighted by atomic mass is 9.96. The van der Waals surface area contributed by atoms with Crippen molar-refractivity contribution in [2.24, 2.45) is 0 Å². The molecule has 0 radical (unpaired) electrons. The number of aromatic amines is 1. The van der Waals surface area contributed by atoms with Gasteiger partial charge in [-0.3, -0.25) is 4.79 Å². The second-order valence-corrected chi connectivity index (χ2v) is 6.02. The standard InChI is InChI=1S/C19H21N5O.ClH/c1-3-15-9-4-5-10-17(15)20-19(25)16(18-21-23-24-22-18)12-14-8-6-7-13(2)11-14;/h4-11,16H,3,12H2,1-2H3,(H,20,25)(H,21,22,23,24);1H. The molecule has 0 aliphatic carbocycles. The number of para-hydroxylation sites is 1. The molecule has 1 heterocycles. The number of anilines is 1. The number of nitrogens with zero attached hydrogens (tertiary/aromatic N) is 3. The molecule has 3 aromatic rings. The first-order valence-electron chi connectivity index (χ1n) is 8.35. The second kappa shape index (κ2) is 9.10. The number of carbonyl (C=O) groups is 1. The molecule has 2 N–H and O–H groups in total. The highest BCUT2D eigenvalue weighted by Crippen LogP contribution is 2.22. The number of rotatable bonds is 6. The largest absolute Gasteiger partial charge is 0.325 e. The first-order chi connectivity index (χ1) is 12.2. The first-order valence-corrected chi connectivity index (χ1v) is 8.35. The highest BCUT2D eigenvalue weighted by Gasteiger charge is 2.26. The Morgan fingerprint density at radius 3 is 2.69 bits per heavy atom. The summed E-state index contributed by atoms with van der Waals surface area (Å²) in [5.41, 5.74) is 4.14. The number of hydrogen-bond acceptors (Lipinski definition) is 4. The lowest BCUT2D eigenvalue weighted by Gasteiger charge is -2.16. The molecule has 3 rings (SSSR count). The fourth-order valence-corrected chi connectivity index (χ4v) is 2.86. The maximum Gasteiger partial charge on any atom is 0.235 e. The van der Waals surface area contributed by atoms with Crippen molar-refractivity contribution < 1.29 is 4.79 Å². The number of carbonyl (C=O) groups excluding carboxylic acids is 1. The van der Waals surface area contributed by atoms with Crippen LogP contribution in [0.25, 0.3) is 0 Å². The number of hydrogen-bond donors (Lipinski definition) is 2. The third kappa shape index (κ3) is 4.67.